The number of hydrogen-bond acceptors (Lipinski definition) is 2. The van der Waals surface area contributed by atoms with Gasteiger partial charge in [0.2, 0.25) is 0 Å². The first-order valence-corrected chi connectivity index (χ1v) is 5.93. The molecule has 0 unspecified atom stereocenters. The van der Waals surface area contributed by atoms with Crippen LogP contribution in [0.15, 0.2) is 46.9 Å². The summed E-state index contributed by atoms with van der Waals surface area (Å²) in [6.45, 7) is 2.00. The largest absolute Gasteiger partial charge is 0.456 e. The number of hydrogen-bond donors (Lipinski definition) is 0. The van der Waals surface area contributed by atoms with Crippen molar-refractivity contribution < 1.29 is 4.74 Å². The van der Waals surface area contributed by atoms with Gasteiger partial charge in [-0.15, -0.1) is 0 Å². The van der Waals surface area contributed by atoms with Crippen LogP contribution in [0.25, 0.3) is 0 Å². The van der Waals surface area contributed by atoms with E-state index in [-0.39, 0.29) is 0 Å². The van der Waals surface area contributed by atoms with Crippen LogP contribution < -0.4 is 4.74 Å². The average Bonchev–Trinajstić information content (AvgIpc) is 2.29. The Bertz CT molecular complexity index is 587. The number of nitrogens with zero attached hydrogens (tertiary/aromatic N) is 1. The third kappa shape index (κ3) is 2.66. The van der Waals surface area contributed by atoms with E-state index in [0.717, 1.165) is 15.8 Å². The van der Waals surface area contributed by atoms with Crippen molar-refractivity contribution in [3.05, 3.63) is 58.1 Å². The van der Waals surface area contributed by atoms with Gasteiger partial charge in [-0.3, -0.25) is 0 Å². The van der Waals surface area contributed by atoms with Crippen LogP contribution in [-0.4, -0.2) is 0 Å². The minimum absolute atomic E-state index is 0.508. The molecular weight excluding hydrogens is 278 g/mol. The van der Waals surface area contributed by atoms with Gasteiger partial charge in [0.05, 0.1) is 0 Å². The summed E-state index contributed by atoms with van der Waals surface area (Å²) in [5, 5.41) is 9.07. The van der Waals surface area contributed by atoms with Gasteiger partial charge >= 0.3 is 0 Å². The second-order valence-corrected chi connectivity index (χ2v) is 4.50. The first-order valence-electron chi connectivity index (χ1n) is 5.14. The Hall–Kier alpha value is -1.79. The summed E-state index contributed by atoms with van der Waals surface area (Å²) in [7, 11) is 0. The van der Waals surface area contributed by atoms with Gasteiger partial charge in [0, 0.05) is 4.47 Å². The van der Waals surface area contributed by atoms with E-state index in [1.165, 1.54) is 0 Å². The molecule has 0 N–H and O–H groups in total. The molecule has 0 saturated carbocycles. The first kappa shape index (κ1) is 11.7. The van der Waals surface area contributed by atoms with Gasteiger partial charge in [-0.2, -0.15) is 5.26 Å². The maximum atomic E-state index is 9.07. The molecule has 17 heavy (non-hydrogen) atoms. The average molecular weight is 288 g/mol. The van der Waals surface area contributed by atoms with E-state index in [1.807, 2.05) is 43.3 Å². The Balaban J connectivity index is 2.37. The van der Waals surface area contributed by atoms with Gasteiger partial charge in [0.15, 0.2) is 0 Å². The highest BCUT2D eigenvalue weighted by molar-refractivity contribution is 9.10. The maximum Gasteiger partial charge on any atom is 0.146 e. The van der Waals surface area contributed by atoms with Crippen LogP contribution in [0.5, 0.6) is 11.5 Å². The number of halogens is 1. The predicted molar refractivity (Wildman–Crippen MR) is 70.1 cm³/mol. The van der Waals surface area contributed by atoms with Gasteiger partial charge in [-0.25, -0.2) is 0 Å². The fourth-order valence-corrected chi connectivity index (χ4v) is 1.94. The molecule has 2 aromatic rings. The number of aryl methyl sites for hydroxylation is 1. The summed E-state index contributed by atoms with van der Waals surface area (Å²) in [6.07, 6.45) is 0. The standard InChI is InChI=1S/C14H10BrNO/c1-10-4-2-5-11(8-10)17-14-7-3-6-13(15)12(14)9-16/h2-8H,1H3. The summed E-state index contributed by atoms with van der Waals surface area (Å²) in [5.41, 5.74) is 1.63. The Morgan fingerprint density at radius 3 is 2.65 bits per heavy atom. The lowest BCUT2D eigenvalue weighted by atomic mass is 10.2. The van der Waals surface area contributed by atoms with E-state index in [2.05, 4.69) is 22.0 Å². The van der Waals surface area contributed by atoms with Gasteiger partial charge in [0.25, 0.3) is 0 Å². The van der Waals surface area contributed by atoms with Crippen molar-refractivity contribution >= 4 is 15.9 Å². The van der Waals surface area contributed by atoms with Crippen molar-refractivity contribution in [3.63, 3.8) is 0 Å². The van der Waals surface area contributed by atoms with Crippen LogP contribution in [0, 0.1) is 18.3 Å². The number of rotatable bonds is 2. The van der Waals surface area contributed by atoms with Crippen molar-refractivity contribution in [2.24, 2.45) is 0 Å². The highest BCUT2D eigenvalue weighted by atomic mass is 79.9. The van der Waals surface area contributed by atoms with E-state index >= 15 is 0 Å². The Kier molecular flexibility index (Phi) is 3.46. The van der Waals surface area contributed by atoms with E-state index in [0.29, 0.717) is 11.3 Å². The summed E-state index contributed by atoms with van der Waals surface area (Å²) < 4.78 is 6.45. The molecule has 2 rings (SSSR count). The number of ether oxygens (including phenoxy) is 1. The molecule has 0 aliphatic rings. The number of benzene rings is 2. The van der Waals surface area contributed by atoms with Crippen molar-refractivity contribution in [1.82, 2.24) is 0 Å². The molecule has 0 radical (unpaired) electrons. The lowest BCUT2D eigenvalue weighted by Gasteiger charge is -2.08. The number of nitriles is 1. The molecule has 0 aromatic heterocycles. The van der Waals surface area contributed by atoms with Crippen LogP contribution in [0.2, 0.25) is 0 Å². The maximum absolute atomic E-state index is 9.07. The molecule has 0 spiro atoms. The molecule has 0 bridgehead atoms. The first-order chi connectivity index (χ1) is 8.20. The fourth-order valence-electron chi connectivity index (χ4n) is 1.50. The van der Waals surface area contributed by atoms with Crippen LogP contribution in [0.1, 0.15) is 11.1 Å². The molecule has 2 nitrogen and oxygen atoms in total. The second kappa shape index (κ2) is 5.03. The minimum Gasteiger partial charge on any atom is -0.456 e. The zero-order valence-corrected chi connectivity index (χ0v) is 10.9. The van der Waals surface area contributed by atoms with Gasteiger partial charge in [-0.05, 0) is 52.7 Å². The molecule has 0 aliphatic carbocycles. The van der Waals surface area contributed by atoms with E-state index < -0.39 is 0 Å². The molecule has 0 amide bonds. The molecule has 3 heteroatoms. The zero-order chi connectivity index (χ0) is 12.3. The zero-order valence-electron chi connectivity index (χ0n) is 9.27. The lowest BCUT2D eigenvalue weighted by molar-refractivity contribution is 0.480. The lowest BCUT2D eigenvalue weighted by Crippen LogP contribution is -1.89. The highest BCUT2D eigenvalue weighted by Gasteiger charge is 2.07. The molecular formula is C14H10BrNO. The van der Waals surface area contributed by atoms with Gasteiger partial charge < -0.3 is 4.74 Å². The van der Waals surface area contributed by atoms with Crippen molar-refractivity contribution in [2.75, 3.05) is 0 Å². The van der Waals surface area contributed by atoms with Crippen LogP contribution in [0.3, 0.4) is 0 Å². The Morgan fingerprint density at radius 2 is 1.94 bits per heavy atom. The molecule has 2 aromatic carbocycles. The predicted octanol–water partition coefficient (Wildman–Crippen LogP) is 4.42. The SMILES string of the molecule is Cc1cccc(Oc2cccc(Br)c2C#N)c1. The Labute approximate surface area is 109 Å². The smallest absolute Gasteiger partial charge is 0.146 e. The van der Waals surface area contributed by atoms with Crippen LogP contribution in [0.4, 0.5) is 0 Å². The van der Waals surface area contributed by atoms with Crippen molar-refractivity contribution in [3.8, 4) is 17.6 Å². The Morgan fingerprint density at radius 1 is 1.18 bits per heavy atom. The van der Waals surface area contributed by atoms with Crippen LogP contribution >= 0.6 is 15.9 Å². The summed E-state index contributed by atoms with van der Waals surface area (Å²) in [6, 6.07) is 15.3. The molecule has 0 atom stereocenters. The summed E-state index contributed by atoms with van der Waals surface area (Å²) in [4.78, 5) is 0. The second-order valence-electron chi connectivity index (χ2n) is 3.64. The van der Waals surface area contributed by atoms with E-state index in [9.17, 15) is 0 Å². The normalized spacial score (nSPS) is 9.71. The monoisotopic (exact) mass is 287 g/mol. The third-order valence-electron chi connectivity index (χ3n) is 2.30. The topological polar surface area (TPSA) is 33.0 Å². The van der Waals surface area contributed by atoms with Crippen LogP contribution in [-0.2, 0) is 0 Å². The quantitative estimate of drug-likeness (QED) is 0.819. The highest BCUT2D eigenvalue weighted by Crippen LogP contribution is 2.30. The molecule has 0 heterocycles. The van der Waals surface area contributed by atoms with E-state index in [1.54, 1.807) is 6.07 Å². The summed E-state index contributed by atoms with van der Waals surface area (Å²) >= 11 is 3.33. The molecule has 0 aliphatic heterocycles. The summed E-state index contributed by atoms with van der Waals surface area (Å²) in [5.74, 6) is 1.30. The van der Waals surface area contributed by atoms with E-state index in [4.69, 9.17) is 10.00 Å². The molecule has 84 valence electrons. The van der Waals surface area contributed by atoms with Crippen molar-refractivity contribution in [1.29, 1.82) is 5.26 Å². The van der Waals surface area contributed by atoms with Gasteiger partial charge in [0.1, 0.15) is 23.1 Å². The molecule has 0 saturated heterocycles. The van der Waals surface area contributed by atoms with Crippen molar-refractivity contribution in [2.45, 2.75) is 6.92 Å². The molecule has 0 fully saturated rings. The fraction of sp³-hybridized carbons (Fsp3) is 0.0714. The van der Waals surface area contributed by atoms with Gasteiger partial charge in [-0.1, -0.05) is 18.2 Å². The third-order valence-corrected chi connectivity index (χ3v) is 2.97. The minimum atomic E-state index is 0.508.